The summed E-state index contributed by atoms with van der Waals surface area (Å²) in [6.45, 7) is -1.05. The average Bonchev–Trinajstić information content (AvgIpc) is 1.99. The Balaban J connectivity index is 2.87. The van der Waals surface area contributed by atoms with E-state index in [0.29, 0.717) is 10.2 Å². The van der Waals surface area contributed by atoms with E-state index in [4.69, 9.17) is 5.73 Å². The molecule has 0 saturated carbocycles. The van der Waals surface area contributed by atoms with Gasteiger partial charge in [0, 0.05) is 7.05 Å². The molecule has 1 aromatic rings. The highest BCUT2D eigenvalue weighted by atomic mass is 79.9. The molecule has 0 radical (unpaired) electrons. The van der Waals surface area contributed by atoms with Crippen molar-refractivity contribution >= 4 is 27.4 Å². The number of pyridine rings is 1. The number of halogens is 4. The normalized spacial score (nSPS) is 11.5. The van der Waals surface area contributed by atoms with Gasteiger partial charge in [-0.3, -0.25) is 0 Å². The van der Waals surface area contributed by atoms with E-state index < -0.39 is 12.7 Å². The second-order valence-corrected chi connectivity index (χ2v) is 3.90. The predicted octanol–water partition coefficient (Wildman–Crippen LogP) is 2.42. The van der Waals surface area contributed by atoms with Gasteiger partial charge in [0.15, 0.2) is 0 Å². The Kier molecular flexibility index (Phi) is 3.43. The van der Waals surface area contributed by atoms with Gasteiger partial charge in [0.05, 0.1) is 16.4 Å². The molecule has 0 bridgehead atoms. The Bertz CT molecular complexity index is 353. The molecule has 0 spiro atoms. The number of hydrogen-bond donors (Lipinski definition) is 1. The van der Waals surface area contributed by atoms with E-state index in [0.717, 1.165) is 4.90 Å². The van der Waals surface area contributed by atoms with Crippen molar-refractivity contribution in [2.24, 2.45) is 0 Å². The fourth-order valence-electron chi connectivity index (χ4n) is 1.07. The minimum absolute atomic E-state index is 0.210. The van der Waals surface area contributed by atoms with Crippen LogP contribution >= 0.6 is 15.9 Å². The van der Waals surface area contributed by atoms with Crippen LogP contribution in [0.25, 0.3) is 0 Å². The summed E-state index contributed by atoms with van der Waals surface area (Å²) in [7, 11) is 1.32. The first-order valence-corrected chi connectivity index (χ1v) is 4.78. The van der Waals surface area contributed by atoms with Crippen molar-refractivity contribution in [3.63, 3.8) is 0 Å². The predicted molar refractivity (Wildman–Crippen MR) is 55.7 cm³/mol. The molecule has 2 N–H and O–H groups in total. The lowest BCUT2D eigenvalue weighted by molar-refractivity contribution is -0.119. The van der Waals surface area contributed by atoms with Crippen LogP contribution < -0.4 is 10.6 Å². The number of alkyl halides is 3. The van der Waals surface area contributed by atoms with Gasteiger partial charge in [0.25, 0.3) is 0 Å². The zero-order valence-corrected chi connectivity index (χ0v) is 9.43. The molecule has 0 aliphatic carbocycles. The van der Waals surface area contributed by atoms with Crippen LogP contribution in [-0.2, 0) is 0 Å². The number of nitrogens with two attached hydrogens (primary N) is 1. The van der Waals surface area contributed by atoms with Crippen LogP contribution in [0, 0.1) is 0 Å². The van der Waals surface area contributed by atoms with Crippen molar-refractivity contribution in [2.45, 2.75) is 6.18 Å². The molecule has 3 nitrogen and oxygen atoms in total. The molecule has 0 saturated heterocycles. The highest BCUT2D eigenvalue weighted by Gasteiger charge is 2.30. The Hall–Kier alpha value is -0.980. The quantitative estimate of drug-likeness (QED) is 0.907. The largest absolute Gasteiger partial charge is 0.405 e. The van der Waals surface area contributed by atoms with Crippen molar-refractivity contribution in [1.82, 2.24) is 4.98 Å². The third-order valence-corrected chi connectivity index (χ3v) is 2.20. The molecule has 0 amide bonds. The monoisotopic (exact) mass is 283 g/mol. The van der Waals surface area contributed by atoms with Gasteiger partial charge in [0.1, 0.15) is 12.4 Å². The third kappa shape index (κ3) is 3.58. The van der Waals surface area contributed by atoms with Gasteiger partial charge in [0.2, 0.25) is 0 Å². The van der Waals surface area contributed by atoms with Crippen LogP contribution in [0.3, 0.4) is 0 Å². The van der Waals surface area contributed by atoms with E-state index in [9.17, 15) is 13.2 Å². The third-order valence-electron chi connectivity index (χ3n) is 1.62. The summed E-state index contributed by atoms with van der Waals surface area (Å²) in [6, 6.07) is 1.51. The number of aromatic nitrogens is 1. The molecule has 7 heteroatoms. The first kappa shape index (κ1) is 12.1. The van der Waals surface area contributed by atoms with Crippen molar-refractivity contribution < 1.29 is 13.2 Å². The van der Waals surface area contributed by atoms with Gasteiger partial charge < -0.3 is 10.6 Å². The molecule has 15 heavy (non-hydrogen) atoms. The van der Waals surface area contributed by atoms with Crippen molar-refractivity contribution in [3.8, 4) is 0 Å². The van der Waals surface area contributed by atoms with Crippen LogP contribution in [-0.4, -0.2) is 24.8 Å². The van der Waals surface area contributed by atoms with Crippen molar-refractivity contribution in [1.29, 1.82) is 0 Å². The molecule has 1 heterocycles. The maximum absolute atomic E-state index is 12.1. The maximum Gasteiger partial charge on any atom is 0.405 e. The van der Waals surface area contributed by atoms with E-state index in [1.54, 1.807) is 0 Å². The molecule has 0 atom stereocenters. The molecule has 0 unspecified atom stereocenters. The fourth-order valence-corrected chi connectivity index (χ4v) is 1.74. The Morgan fingerprint density at radius 3 is 2.60 bits per heavy atom. The van der Waals surface area contributed by atoms with Crippen molar-refractivity contribution in [2.75, 3.05) is 24.2 Å². The Morgan fingerprint density at radius 1 is 1.53 bits per heavy atom. The summed E-state index contributed by atoms with van der Waals surface area (Å²) >= 11 is 3.10. The number of nitrogens with zero attached hydrogens (tertiary/aromatic N) is 2. The summed E-state index contributed by atoms with van der Waals surface area (Å²) in [4.78, 5) is 4.82. The van der Waals surface area contributed by atoms with Gasteiger partial charge in [-0.2, -0.15) is 13.2 Å². The first-order valence-electron chi connectivity index (χ1n) is 3.98. The van der Waals surface area contributed by atoms with E-state index in [2.05, 4.69) is 20.9 Å². The van der Waals surface area contributed by atoms with E-state index >= 15 is 0 Å². The summed E-state index contributed by atoms with van der Waals surface area (Å²) in [5.41, 5.74) is 5.82. The Labute approximate surface area is 93.2 Å². The summed E-state index contributed by atoms with van der Waals surface area (Å²) in [5, 5.41) is 0. The molecule has 0 aliphatic heterocycles. The molecule has 0 aromatic carbocycles. The zero-order chi connectivity index (χ0) is 11.6. The highest BCUT2D eigenvalue weighted by molar-refractivity contribution is 9.10. The number of anilines is 2. The zero-order valence-electron chi connectivity index (χ0n) is 7.85. The number of rotatable bonds is 2. The van der Waals surface area contributed by atoms with Crippen LogP contribution in [0.15, 0.2) is 16.7 Å². The molecule has 1 aromatic heterocycles. The SMILES string of the molecule is CN(CC(F)(F)F)c1ncc(N)cc1Br. The van der Waals surface area contributed by atoms with Gasteiger partial charge in [-0.1, -0.05) is 0 Å². The van der Waals surface area contributed by atoms with Crippen molar-refractivity contribution in [3.05, 3.63) is 16.7 Å². The van der Waals surface area contributed by atoms with Crippen LogP contribution in [0.1, 0.15) is 0 Å². The molecule has 0 aliphatic rings. The van der Waals surface area contributed by atoms with Crippen LogP contribution in [0.5, 0.6) is 0 Å². The summed E-state index contributed by atoms with van der Waals surface area (Å²) in [6.07, 6.45) is -2.94. The van der Waals surface area contributed by atoms with E-state index in [-0.39, 0.29) is 5.82 Å². The average molecular weight is 284 g/mol. The Morgan fingerprint density at radius 2 is 2.13 bits per heavy atom. The molecule has 84 valence electrons. The van der Waals surface area contributed by atoms with Gasteiger partial charge in [-0.25, -0.2) is 4.98 Å². The molecular weight excluding hydrogens is 275 g/mol. The molecule has 0 fully saturated rings. The topological polar surface area (TPSA) is 42.2 Å². The summed E-state index contributed by atoms with van der Waals surface area (Å²) in [5.74, 6) is 0.210. The summed E-state index contributed by atoms with van der Waals surface area (Å²) < 4.78 is 36.7. The lowest BCUT2D eigenvalue weighted by atomic mass is 10.4. The second-order valence-electron chi connectivity index (χ2n) is 3.05. The number of hydrogen-bond acceptors (Lipinski definition) is 3. The number of nitrogen functional groups attached to an aromatic ring is 1. The molecular formula is C8H9BrF3N3. The minimum Gasteiger partial charge on any atom is -0.397 e. The minimum atomic E-state index is -4.25. The first-order chi connectivity index (χ1) is 6.79. The highest BCUT2D eigenvalue weighted by Crippen LogP contribution is 2.27. The lowest BCUT2D eigenvalue weighted by Crippen LogP contribution is -2.31. The van der Waals surface area contributed by atoms with Gasteiger partial charge in [-0.15, -0.1) is 0 Å². The second kappa shape index (κ2) is 4.26. The van der Waals surface area contributed by atoms with E-state index in [1.165, 1.54) is 19.3 Å². The maximum atomic E-state index is 12.1. The standard InChI is InChI=1S/C8H9BrF3N3/c1-15(4-8(10,11)12)7-6(9)2-5(13)3-14-7/h2-3H,4,13H2,1H3. The fraction of sp³-hybridized carbons (Fsp3) is 0.375. The van der Waals surface area contributed by atoms with Crippen LogP contribution in [0.2, 0.25) is 0 Å². The lowest BCUT2D eigenvalue weighted by Gasteiger charge is -2.20. The van der Waals surface area contributed by atoms with Crippen LogP contribution in [0.4, 0.5) is 24.7 Å². The van der Waals surface area contributed by atoms with Gasteiger partial charge >= 0.3 is 6.18 Å². The molecule has 1 rings (SSSR count). The van der Waals surface area contributed by atoms with E-state index in [1.807, 2.05) is 0 Å². The smallest absolute Gasteiger partial charge is 0.397 e. The van der Waals surface area contributed by atoms with Gasteiger partial charge in [-0.05, 0) is 22.0 Å².